The van der Waals surface area contributed by atoms with Gasteiger partial charge in [-0.2, -0.15) is 0 Å². The Balaban J connectivity index is 4.23. The summed E-state index contributed by atoms with van der Waals surface area (Å²) in [5, 5.41) is 11.1. The van der Waals surface area contributed by atoms with Gasteiger partial charge in [0.15, 0.2) is 0 Å². The summed E-state index contributed by atoms with van der Waals surface area (Å²) in [6, 6.07) is 0. The molecule has 1 amide bonds. The molecule has 0 saturated carbocycles. The fraction of sp³-hybridized carbons (Fsp3) is 0.775. The number of carbonyl (C=O) groups is 3. The van der Waals surface area contributed by atoms with E-state index in [9.17, 15) is 14.4 Å². The number of rotatable bonds is 34. The van der Waals surface area contributed by atoms with Crippen LogP contribution in [-0.2, 0) is 19.1 Å². The number of amides is 1. The predicted octanol–water partition coefficient (Wildman–Crippen LogP) is 11.3. The molecule has 266 valence electrons. The van der Waals surface area contributed by atoms with Crippen LogP contribution in [0.2, 0.25) is 0 Å². The third-order valence-electron chi connectivity index (χ3n) is 8.33. The summed E-state index contributed by atoms with van der Waals surface area (Å²) in [5.74, 6) is -1.26. The first kappa shape index (κ1) is 43.6. The number of hydrogen-bond donors (Lipinski definition) is 2. The third-order valence-corrected chi connectivity index (χ3v) is 8.33. The van der Waals surface area contributed by atoms with Gasteiger partial charge >= 0.3 is 11.9 Å². The summed E-state index contributed by atoms with van der Waals surface area (Å²) in [6.07, 6.45) is 42.6. The number of carboxylic acids is 1. The monoisotopic (exact) mass is 646 g/mol. The lowest BCUT2D eigenvalue weighted by Gasteiger charge is -2.18. The number of allylic oxidation sites excluding steroid dienone is 6. The Bertz CT molecular complexity index is 803. The maximum Gasteiger partial charge on any atom is 0.322 e. The number of carboxylic acid groups (broad SMARTS) is 1. The quantitative estimate of drug-likeness (QED) is 0.0412. The molecule has 0 saturated heterocycles. The summed E-state index contributed by atoms with van der Waals surface area (Å²) < 4.78 is 5.99. The van der Waals surface area contributed by atoms with Crippen LogP contribution in [0.4, 0.5) is 0 Å². The molecule has 6 nitrogen and oxygen atoms in total. The number of aliphatic carboxylic acids is 1. The van der Waals surface area contributed by atoms with E-state index in [-0.39, 0.29) is 24.5 Å². The van der Waals surface area contributed by atoms with E-state index in [4.69, 9.17) is 9.84 Å². The highest BCUT2D eigenvalue weighted by molar-refractivity contribution is 5.80. The van der Waals surface area contributed by atoms with Gasteiger partial charge in [0.1, 0.15) is 12.6 Å². The second-order valence-corrected chi connectivity index (χ2v) is 12.8. The molecule has 1 unspecified atom stereocenters. The van der Waals surface area contributed by atoms with Crippen molar-refractivity contribution in [1.82, 2.24) is 5.32 Å². The number of unbranched alkanes of at least 4 members (excludes halogenated alkanes) is 17. The summed E-state index contributed by atoms with van der Waals surface area (Å²) in [6.45, 7) is 4.10. The van der Waals surface area contributed by atoms with Crippen LogP contribution >= 0.6 is 0 Å². The molecule has 0 aromatic rings. The van der Waals surface area contributed by atoms with E-state index in [2.05, 4.69) is 55.6 Å². The van der Waals surface area contributed by atoms with Crippen molar-refractivity contribution in [2.45, 2.75) is 193 Å². The van der Waals surface area contributed by atoms with E-state index < -0.39 is 5.97 Å². The second kappa shape index (κ2) is 35.5. The van der Waals surface area contributed by atoms with Gasteiger partial charge in [0, 0.05) is 12.8 Å². The third kappa shape index (κ3) is 34.5. The van der Waals surface area contributed by atoms with E-state index in [1.807, 2.05) is 0 Å². The highest BCUT2D eigenvalue weighted by Crippen LogP contribution is 2.19. The van der Waals surface area contributed by atoms with Gasteiger partial charge in [-0.15, -0.1) is 0 Å². The largest absolute Gasteiger partial charge is 0.480 e. The Morgan fingerprint density at radius 3 is 1.63 bits per heavy atom. The van der Waals surface area contributed by atoms with Crippen molar-refractivity contribution in [3.63, 3.8) is 0 Å². The van der Waals surface area contributed by atoms with Gasteiger partial charge in [-0.1, -0.05) is 140 Å². The van der Waals surface area contributed by atoms with Crippen LogP contribution in [0.1, 0.15) is 187 Å². The molecule has 0 aliphatic heterocycles. The molecule has 0 aliphatic rings. The van der Waals surface area contributed by atoms with Crippen molar-refractivity contribution in [1.29, 1.82) is 0 Å². The van der Waals surface area contributed by atoms with E-state index in [0.29, 0.717) is 12.8 Å². The average Bonchev–Trinajstić information content (AvgIpc) is 3.04. The molecule has 0 bridgehead atoms. The molecule has 0 fully saturated rings. The standard InChI is InChI=1S/C40H71NO5/c1-3-5-7-9-11-13-15-16-18-20-22-27-31-35-40(45)46-37(32-28-24-21-19-17-14-12-10-8-6-4-2)33-29-25-23-26-30-34-38(42)41-36-39(43)44/h5,7,11,13,16,18,37H,3-4,6,8-10,12,14-15,17,19-36H2,1-2H3,(H,41,42)(H,43,44)/b7-5-,13-11-,18-16-. The maximum absolute atomic E-state index is 12.7. The number of esters is 1. The van der Waals surface area contributed by atoms with Crippen molar-refractivity contribution < 1.29 is 24.2 Å². The topological polar surface area (TPSA) is 92.7 Å². The van der Waals surface area contributed by atoms with Crippen LogP contribution in [0.15, 0.2) is 36.5 Å². The Kier molecular flexibility index (Phi) is 33.7. The Morgan fingerprint density at radius 1 is 0.587 bits per heavy atom. The predicted molar refractivity (Wildman–Crippen MR) is 194 cm³/mol. The van der Waals surface area contributed by atoms with Gasteiger partial charge in [-0.25, -0.2) is 0 Å². The van der Waals surface area contributed by atoms with Gasteiger partial charge in [-0.3, -0.25) is 14.4 Å². The molecule has 0 aliphatic carbocycles. The highest BCUT2D eigenvalue weighted by Gasteiger charge is 2.14. The summed E-state index contributed by atoms with van der Waals surface area (Å²) in [7, 11) is 0. The Hall–Kier alpha value is -2.37. The molecule has 0 aromatic heterocycles. The van der Waals surface area contributed by atoms with E-state index in [0.717, 1.165) is 96.3 Å². The van der Waals surface area contributed by atoms with Crippen LogP contribution in [0.25, 0.3) is 0 Å². The zero-order chi connectivity index (χ0) is 33.8. The molecule has 0 aromatic carbocycles. The number of nitrogens with one attached hydrogen (secondary N) is 1. The molecule has 2 N–H and O–H groups in total. The average molecular weight is 646 g/mol. The normalized spacial score (nSPS) is 12.4. The van der Waals surface area contributed by atoms with E-state index in [1.165, 1.54) is 64.2 Å². The minimum Gasteiger partial charge on any atom is -0.480 e. The van der Waals surface area contributed by atoms with Crippen LogP contribution < -0.4 is 5.32 Å². The van der Waals surface area contributed by atoms with E-state index in [1.54, 1.807) is 0 Å². The Labute approximate surface area is 283 Å². The smallest absolute Gasteiger partial charge is 0.322 e. The van der Waals surface area contributed by atoms with Crippen LogP contribution in [0.5, 0.6) is 0 Å². The van der Waals surface area contributed by atoms with Gasteiger partial charge in [-0.05, 0) is 70.6 Å². The molecule has 46 heavy (non-hydrogen) atoms. The van der Waals surface area contributed by atoms with Gasteiger partial charge < -0.3 is 15.2 Å². The van der Waals surface area contributed by atoms with Crippen molar-refractivity contribution in [3.8, 4) is 0 Å². The minimum atomic E-state index is -1.02. The molecular weight excluding hydrogens is 574 g/mol. The lowest BCUT2D eigenvalue weighted by atomic mass is 10.0. The van der Waals surface area contributed by atoms with Crippen molar-refractivity contribution >= 4 is 17.8 Å². The van der Waals surface area contributed by atoms with Crippen molar-refractivity contribution in [3.05, 3.63) is 36.5 Å². The first-order valence-electron chi connectivity index (χ1n) is 19.1. The zero-order valence-corrected chi connectivity index (χ0v) is 29.9. The number of hydrogen-bond acceptors (Lipinski definition) is 4. The van der Waals surface area contributed by atoms with E-state index >= 15 is 0 Å². The summed E-state index contributed by atoms with van der Waals surface area (Å²) >= 11 is 0. The van der Waals surface area contributed by atoms with Gasteiger partial charge in [0.25, 0.3) is 0 Å². The van der Waals surface area contributed by atoms with Gasteiger partial charge in [0.05, 0.1) is 0 Å². The highest BCUT2D eigenvalue weighted by atomic mass is 16.5. The van der Waals surface area contributed by atoms with Gasteiger partial charge in [0.2, 0.25) is 5.91 Å². The Morgan fingerprint density at radius 2 is 1.07 bits per heavy atom. The number of carbonyl (C=O) groups excluding carboxylic acids is 2. The fourth-order valence-electron chi connectivity index (χ4n) is 5.53. The lowest BCUT2D eigenvalue weighted by molar-refractivity contribution is -0.150. The van der Waals surface area contributed by atoms with Crippen LogP contribution in [0, 0.1) is 0 Å². The zero-order valence-electron chi connectivity index (χ0n) is 29.9. The molecule has 0 rings (SSSR count). The van der Waals surface area contributed by atoms with Crippen LogP contribution in [-0.4, -0.2) is 35.6 Å². The first-order valence-corrected chi connectivity index (χ1v) is 19.1. The van der Waals surface area contributed by atoms with Crippen LogP contribution in [0.3, 0.4) is 0 Å². The minimum absolute atomic E-state index is 0.0151. The number of ether oxygens (including phenoxy) is 1. The molecule has 0 heterocycles. The first-order chi connectivity index (χ1) is 22.5. The molecule has 0 spiro atoms. The molecule has 0 radical (unpaired) electrons. The fourth-order valence-corrected chi connectivity index (χ4v) is 5.53. The lowest BCUT2D eigenvalue weighted by Crippen LogP contribution is -2.28. The molecular formula is C40H71NO5. The second-order valence-electron chi connectivity index (χ2n) is 12.8. The molecule has 1 atom stereocenters. The van der Waals surface area contributed by atoms with Crippen molar-refractivity contribution in [2.24, 2.45) is 0 Å². The molecule has 6 heteroatoms. The van der Waals surface area contributed by atoms with Crippen molar-refractivity contribution in [2.75, 3.05) is 6.54 Å². The maximum atomic E-state index is 12.7. The SMILES string of the molecule is CC/C=C\C/C=C\C/C=C\CCCCCC(=O)OC(CCCCCCCCCCCCC)CCCCCCCC(=O)NCC(=O)O. The summed E-state index contributed by atoms with van der Waals surface area (Å²) in [4.78, 5) is 34.9. The summed E-state index contributed by atoms with van der Waals surface area (Å²) in [5.41, 5.74) is 0.